The van der Waals surface area contributed by atoms with Crippen molar-refractivity contribution in [3.63, 3.8) is 0 Å². The van der Waals surface area contributed by atoms with Crippen molar-refractivity contribution in [2.45, 2.75) is 34.6 Å². The number of benzene rings is 1. The van der Waals surface area contributed by atoms with Crippen molar-refractivity contribution in [1.29, 1.82) is 5.26 Å². The summed E-state index contributed by atoms with van der Waals surface area (Å²) < 4.78 is 5.40. The molecule has 0 spiro atoms. The van der Waals surface area contributed by atoms with Gasteiger partial charge in [0.25, 0.3) is 0 Å². The van der Waals surface area contributed by atoms with Crippen molar-refractivity contribution in [2.75, 3.05) is 7.11 Å². The number of hydrogen-bond acceptors (Lipinski definition) is 3. The molecular formula is C16H21NO2. The minimum absolute atomic E-state index is 0.0109. The highest BCUT2D eigenvalue weighted by molar-refractivity contribution is 6.03. The van der Waals surface area contributed by atoms with Gasteiger partial charge in [0.1, 0.15) is 11.7 Å². The van der Waals surface area contributed by atoms with Crippen molar-refractivity contribution in [3.05, 3.63) is 28.3 Å². The van der Waals surface area contributed by atoms with Crippen LogP contribution >= 0.6 is 0 Å². The zero-order valence-corrected chi connectivity index (χ0v) is 12.5. The molecule has 0 bridgehead atoms. The maximum atomic E-state index is 12.6. The first-order valence-corrected chi connectivity index (χ1v) is 6.43. The lowest BCUT2D eigenvalue weighted by atomic mass is 9.85. The van der Waals surface area contributed by atoms with Gasteiger partial charge in [-0.1, -0.05) is 19.9 Å². The Morgan fingerprint density at radius 3 is 2.26 bits per heavy atom. The van der Waals surface area contributed by atoms with Crippen LogP contribution in [0.5, 0.6) is 5.75 Å². The van der Waals surface area contributed by atoms with E-state index < -0.39 is 5.92 Å². The molecule has 3 nitrogen and oxygen atoms in total. The summed E-state index contributed by atoms with van der Waals surface area (Å²) in [6.07, 6.45) is 0. The standard InChI is InChI=1S/C16H21NO2/c1-9(2)13(8-17)15(18)14-11(4)7-10(3)12(5)16(14)19-6/h7,9,13H,1-6H3. The van der Waals surface area contributed by atoms with Crippen LogP contribution in [0.25, 0.3) is 0 Å². The normalized spacial score (nSPS) is 12.1. The second-order valence-corrected chi connectivity index (χ2v) is 5.26. The number of Topliss-reactive ketones (excluding diaryl/α,β-unsaturated/α-hetero) is 1. The van der Waals surface area contributed by atoms with Crippen LogP contribution in [-0.4, -0.2) is 12.9 Å². The molecule has 1 aromatic rings. The second kappa shape index (κ2) is 5.88. The zero-order valence-electron chi connectivity index (χ0n) is 12.5. The van der Waals surface area contributed by atoms with Crippen molar-refractivity contribution in [3.8, 4) is 11.8 Å². The van der Waals surface area contributed by atoms with Crippen LogP contribution in [0.4, 0.5) is 0 Å². The highest BCUT2D eigenvalue weighted by Crippen LogP contribution is 2.32. The molecule has 1 unspecified atom stereocenters. The third kappa shape index (κ3) is 2.78. The monoisotopic (exact) mass is 259 g/mol. The van der Waals surface area contributed by atoms with Crippen LogP contribution in [0.3, 0.4) is 0 Å². The summed E-state index contributed by atoms with van der Waals surface area (Å²) in [6.45, 7) is 9.57. The van der Waals surface area contributed by atoms with Gasteiger partial charge in [-0.15, -0.1) is 0 Å². The van der Waals surface area contributed by atoms with Crippen molar-refractivity contribution < 1.29 is 9.53 Å². The van der Waals surface area contributed by atoms with Crippen molar-refractivity contribution >= 4 is 5.78 Å². The molecule has 1 rings (SSSR count). The fourth-order valence-corrected chi connectivity index (χ4v) is 2.28. The van der Waals surface area contributed by atoms with Gasteiger partial charge in [0.05, 0.1) is 18.7 Å². The molecule has 102 valence electrons. The lowest BCUT2D eigenvalue weighted by Gasteiger charge is -2.19. The number of nitrogens with zero attached hydrogens (tertiary/aromatic N) is 1. The van der Waals surface area contributed by atoms with E-state index >= 15 is 0 Å². The van der Waals surface area contributed by atoms with Gasteiger partial charge in [-0.2, -0.15) is 5.26 Å². The maximum Gasteiger partial charge on any atom is 0.184 e. The van der Waals surface area contributed by atoms with Crippen molar-refractivity contribution in [2.24, 2.45) is 11.8 Å². The molecule has 3 heteroatoms. The summed E-state index contributed by atoms with van der Waals surface area (Å²) in [7, 11) is 1.56. The summed E-state index contributed by atoms with van der Waals surface area (Å²) in [4.78, 5) is 12.6. The van der Waals surface area contributed by atoms with Crippen LogP contribution < -0.4 is 4.74 Å². The molecule has 0 amide bonds. The Morgan fingerprint density at radius 2 is 1.84 bits per heavy atom. The van der Waals surface area contributed by atoms with Gasteiger partial charge in [-0.25, -0.2) is 0 Å². The summed E-state index contributed by atoms with van der Waals surface area (Å²) >= 11 is 0. The minimum Gasteiger partial charge on any atom is -0.496 e. The number of methoxy groups -OCH3 is 1. The molecule has 0 N–H and O–H groups in total. The highest BCUT2D eigenvalue weighted by Gasteiger charge is 2.28. The average molecular weight is 259 g/mol. The fourth-order valence-electron chi connectivity index (χ4n) is 2.28. The predicted octanol–water partition coefficient (Wildman–Crippen LogP) is 3.60. The number of carbonyl (C=O) groups is 1. The van der Waals surface area contributed by atoms with Crippen LogP contribution in [0.15, 0.2) is 6.07 Å². The van der Waals surface area contributed by atoms with E-state index in [-0.39, 0.29) is 11.7 Å². The lowest BCUT2D eigenvalue weighted by Crippen LogP contribution is -2.21. The van der Waals surface area contributed by atoms with Crippen molar-refractivity contribution in [1.82, 2.24) is 0 Å². The summed E-state index contributed by atoms with van der Waals surface area (Å²) in [5.41, 5.74) is 3.46. The topological polar surface area (TPSA) is 50.1 Å². The van der Waals surface area contributed by atoms with Gasteiger partial charge in [0, 0.05) is 0 Å². The maximum absolute atomic E-state index is 12.6. The zero-order chi connectivity index (χ0) is 14.7. The Kier molecular flexibility index (Phi) is 4.72. The van der Waals surface area contributed by atoms with E-state index in [1.807, 2.05) is 40.7 Å². The van der Waals surface area contributed by atoms with E-state index in [1.165, 1.54) is 0 Å². The first-order chi connectivity index (χ1) is 8.84. The van der Waals surface area contributed by atoms with Crippen LogP contribution in [0, 0.1) is 43.9 Å². The quantitative estimate of drug-likeness (QED) is 0.776. The number of ketones is 1. The predicted molar refractivity (Wildman–Crippen MR) is 75.5 cm³/mol. The molecule has 0 aliphatic rings. The second-order valence-electron chi connectivity index (χ2n) is 5.26. The van der Waals surface area contributed by atoms with Gasteiger partial charge in [0.2, 0.25) is 0 Å². The van der Waals surface area contributed by atoms with E-state index in [0.717, 1.165) is 16.7 Å². The third-order valence-electron chi connectivity index (χ3n) is 3.53. The molecule has 0 aromatic heterocycles. The molecule has 0 fully saturated rings. The number of nitriles is 1. The summed E-state index contributed by atoms with van der Waals surface area (Å²) in [6, 6.07) is 4.08. The lowest BCUT2D eigenvalue weighted by molar-refractivity contribution is 0.0920. The largest absolute Gasteiger partial charge is 0.496 e. The number of hydrogen-bond donors (Lipinski definition) is 0. The number of aryl methyl sites for hydroxylation is 2. The van der Waals surface area contributed by atoms with E-state index in [4.69, 9.17) is 4.74 Å². The smallest absolute Gasteiger partial charge is 0.184 e. The number of ether oxygens (including phenoxy) is 1. The fraction of sp³-hybridized carbons (Fsp3) is 0.500. The average Bonchev–Trinajstić information content (AvgIpc) is 2.33. The molecule has 0 radical (unpaired) electrons. The molecule has 1 atom stereocenters. The molecule has 0 saturated carbocycles. The Hall–Kier alpha value is -1.82. The van der Waals surface area contributed by atoms with Gasteiger partial charge < -0.3 is 4.74 Å². The summed E-state index contributed by atoms with van der Waals surface area (Å²) in [5, 5.41) is 9.19. The number of rotatable bonds is 4. The van der Waals surface area contributed by atoms with Crippen LogP contribution in [-0.2, 0) is 0 Å². The Labute approximate surface area is 115 Å². The Bertz CT molecular complexity index is 539. The molecule has 0 aliphatic carbocycles. The molecule has 0 aliphatic heterocycles. The van der Waals surface area contributed by atoms with E-state index in [1.54, 1.807) is 7.11 Å². The molecular weight excluding hydrogens is 238 g/mol. The molecule has 0 heterocycles. The van der Waals surface area contributed by atoms with E-state index in [2.05, 4.69) is 6.07 Å². The molecule has 1 aromatic carbocycles. The van der Waals surface area contributed by atoms with Gasteiger partial charge >= 0.3 is 0 Å². The Morgan fingerprint density at radius 1 is 1.26 bits per heavy atom. The third-order valence-corrected chi connectivity index (χ3v) is 3.53. The van der Waals surface area contributed by atoms with Gasteiger partial charge in [0.15, 0.2) is 5.78 Å². The molecule has 0 saturated heterocycles. The highest BCUT2D eigenvalue weighted by atomic mass is 16.5. The van der Waals surface area contributed by atoms with E-state index in [0.29, 0.717) is 11.3 Å². The minimum atomic E-state index is -0.630. The first-order valence-electron chi connectivity index (χ1n) is 6.43. The number of carbonyl (C=O) groups excluding carboxylic acids is 1. The first kappa shape index (κ1) is 15.2. The van der Waals surface area contributed by atoms with Crippen LogP contribution in [0.1, 0.15) is 40.9 Å². The molecule has 19 heavy (non-hydrogen) atoms. The summed E-state index contributed by atoms with van der Waals surface area (Å²) in [5.74, 6) is -0.184. The SMILES string of the molecule is COc1c(C)c(C)cc(C)c1C(=O)C(C#N)C(C)C. The van der Waals surface area contributed by atoms with E-state index in [9.17, 15) is 10.1 Å². The van der Waals surface area contributed by atoms with Crippen LogP contribution in [0.2, 0.25) is 0 Å². The Balaban J connectivity index is 3.47. The van der Waals surface area contributed by atoms with Gasteiger partial charge in [-0.05, 0) is 43.4 Å². The van der Waals surface area contributed by atoms with Gasteiger partial charge in [-0.3, -0.25) is 4.79 Å².